The van der Waals surface area contributed by atoms with E-state index in [1.165, 1.54) is 10.0 Å². The molecule has 1 heterocycles. The van der Waals surface area contributed by atoms with Gasteiger partial charge in [0.05, 0.1) is 0 Å². The van der Waals surface area contributed by atoms with Gasteiger partial charge >= 0.3 is 12.1 Å². The second kappa shape index (κ2) is 6.23. The van der Waals surface area contributed by atoms with Crippen molar-refractivity contribution in [1.29, 1.82) is 0 Å². The van der Waals surface area contributed by atoms with Crippen molar-refractivity contribution in [3.8, 4) is 0 Å². The molecule has 2 aromatic rings. The predicted molar refractivity (Wildman–Crippen MR) is 93.3 cm³/mol. The fourth-order valence-electron chi connectivity index (χ4n) is 2.64. The van der Waals surface area contributed by atoms with Gasteiger partial charge < -0.3 is 10.6 Å². The molecule has 4 amide bonds. The Morgan fingerprint density at radius 3 is 1.54 bits per heavy atom. The Hall–Kier alpha value is -3.02. The van der Waals surface area contributed by atoms with E-state index in [0.29, 0.717) is 17.8 Å². The number of nitrogens with zero attached hydrogens (tertiary/aromatic N) is 2. The topological polar surface area (TPSA) is 64.2 Å². The van der Waals surface area contributed by atoms with Crippen LogP contribution in [0.3, 0.4) is 0 Å². The number of amides is 4. The Bertz CT molecular complexity index is 674. The van der Waals surface area contributed by atoms with Gasteiger partial charge in [-0.15, -0.1) is 0 Å². The number of carbonyl (C=O) groups is 2. The number of para-hydroxylation sites is 2. The van der Waals surface area contributed by atoms with Gasteiger partial charge in [0.2, 0.25) is 0 Å². The first-order chi connectivity index (χ1) is 11.6. The molecule has 0 radical (unpaired) electrons. The smallest absolute Gasteiger partial charge is 0.306 e. The number of hydrogen-bond acceptors (Lipinski definition) is 2. The summed E-state index contributed by atoms with van der Waals surface area (Å²) in [7, 11) is 0. The molecule has 0 bridgehead atoms. The van der Waals surface area contributed by atoms with Gasteiger partial charge in [0, 0.05) is 11.4 Å². The summed E-state index contributed by atoms with van der Waals surface area (Å²) in [5.41, 5.74) is 0.755. The third-order valence-corrected chi connectivity index (χ3v) is 4.18. The maximum absolute atomic E-state index is 12.5. The highest BCUT2D eigenvalue weighted by Crippen LogP contribution is 2.42. The molecule has 0 atom stereocenters. The molecule has 24 heavy (non-hydrogen) atoms. The quantitative estimate of drug-likeness (QED) is 0.835. The van der Waals surface area contributed by atoms with Crippen LogP contribution in [0, 0.1) is 0 Å². The molecule has 3 rings (SSSR count). The number of hydrazine groups is 1. The summed E-state index contributed by atoms with van der Waals surface area (Å²) in [6.07, 6.45) is 0.636. The fraction of sp³-hybridized carbons (Fsp3) is 0.222. The molecule has 2 N–H and O–H groups in total. The van der Waals surface area contributed by atoms with Gasteiger partial charge in [-0.25, -0.2) is 19.6 Å². The van der Waals surface area contributed by atoms with Gasteiger partial charge in [-0.3, -0.25) is 0 Å². The zero-order valence-electron chi connectivity index (χ0n) is 13.7. The number of benzene rings is 2. The summed E-state index contributed by atoms with van der Waals surface area (Å²) in [6, 6.07) is 17.7. The highest BCUT2D eigenvalue weighted by atomic mass is 16.2. The Morgan fingerprint density at radius 1 is 0.833 bits per heavy atom. The molecule has 0 saturated carbocycles. The molecule has 1 fully saturated rings. The second-order valence-electron chi connectivity index (χ2n) is 5.79. The summed E-state index contributed by atoms with van der Waals surface area (Å²) in [5, 5.41) is 8.50. The first-order valence-electron chi connectivity index (χ1n) is 7.88. The van der Waals surface area contributed by atoms with E-state index in [0.717, 1.165) is 0 Å². The number of urea groups is 2. The van der Waals surface area contributed by atoms with Crippen LogP contribution in [0.15, 0.2) is 60.7 Å². The van der Waals surface area contributed by atoms with E-state index in [1.807, 2.05) is 50.2 Å². The highest BCUT2D eigenvalue weighted by Gasteiger charge is 2.62. The van der Waals surface area contributed by atoms with Crippen LogP contribution in [0.2, 0.25) is 0 Å². The van der Waals surface area contributed by atoms with E-state index in [-0.39, 0.29) is 12.1 Å². The Morgan fingerprint density at radius 2 is 1.21 bits per heavy atom. The van der Waals surface area contributed by atoms with Crippen molar-refractivity contribution < 1.29 is 9.59 Å². The third-order valence-electron chi connectivity index (χ3n) is 4.18. The molecule has 6 heteroatoms. The average molecular weight is 324 g/mol. The molecule has 0 spiro atoms. The van der Waals surface area contributed by atoms with Crippen LogP contribution in [0.4, 0.5) is 21.0 Å². The molecule has 0 aliphatic carbocycles. The normalized spacial score (nSPS) is 14.9. The molecule has 0 unspecified atom stereocenters. The van der Waals surface area contributed by atoms with Gasteiger partial charge in [-0.2, -0.15) is 0 Å². The zero-order chi connectivity index (χ0) is 17.2. The van der Waals surface area contributed by atoms with E-state index in [1.54, 1.807) is 24.3 Å². The molecular formula is C18H20N4O2. The maximum atomic E-state index is 12.5. The van der Waals surface area contributed by atoms with Crippen LogP contribution in [0.5, 0.6) is 0 Å². The lowest BCUT2D eigenvalue weighted by Crippen LogP contribution is -2.28. The van der Waals surface area contributed by atoms with Gasteiger partial charge in [0.1, 0.15) is 0 Å². The van der Waals surface area contributed by atoms with E-state index in [2.05, 4.69) is 10.6 Å². The number of rotatable bonds is 3. The molecule has 1 aliphatic rings. The van der Waals surface area contributed by atoms with E-state index < -0.39 is 5.66 Å². The second-order valence-corrected chi connectivity index (χ2v) is 5.79. The minimum Gasteiger partial charge on any atom is -0.306 e. The molecule has 0 aromatic heterocycles. The number of hydrogen-bond donors (Lipinski definition) is 2. The number of carbonyl (C=O) groups excluding carboxylic acids is 2. The lowest BCUT2D eigenvalue weighted by Gasteiger charge is -2.08. The molecule has 1 aliphatic heterocycles. The van der Waals surface area contributed by atoms with Crippen LogP contribution < -0.4 is 10.6 Å². The van der Waals surface area contributed by atoms with E-state index >= 15 is 0 Å². The summed E-state index contributed by atoms with van der Waals surface area (Å²) in [6.45, 7) is 3.81. The van der Waals surface area contributed by atoms with Crippen LogP contribution in [-0.2, 0) is 0 Å². The summed E-state index contributed by atoms with van der Waals surface area (Å²) in [5.74, 6) is 0. The largest absolute Gasteiger partial charge is 0.343 e. The van der Waals surface area contributed by atoms with Crippen molar-refractivity contribution in [3.63, 3.8) is 0 Å². The van der Waals surface area contributed by atoms with Crippen LogP contribution in [-0.4, -0.2) is 27.7 Å². The van der Waals surface area contributed by atoms with Crippen molar-refractivity contribution in [3.05, 3.63) is 60.7 Å². The summed E-state index contributed by atoms with van der Waals surface area (Å²) < 4.78 is 0. The molecule has 2 aromatic carbocycles. The highest BCUT2D eigenvalue weighted by molar-refractivity contribution is 5.98. The van der Waals surface area contributed by atoms with Gasteiger partial charge in [-0.05, 0) is 37.6 Å². The lowest BCUT2D eigenvalue weighted by atomic mass is 10.2. The van der Waals surface area contributed by atoms with Crippen LogP contribution >= 0.6 is 0 Å². The molecule has 1 saturated heterocycles. The molecule has 6 nitrogen and oxygen atoms in total. The maximum Gasteiger partial charge on any atom is 0.343 e. The Labute approximate surface area is 141 Å². The van der Waals surface area contributed by atoms with Gasteiger partial charge in [0.25, 0.3) is 0 Å². The van der Waals surface area contributed by atoms with Crippen molar-refractivity contribution >= 4 is 23.4 Å². The van der Waals surface area contributed by atoms with Crippen molar-refractivity contribution in [2.24, 2.45) is 0 Å². The Kier molecular flexibility index (Phi) is 4.12. The molecule has 124 valence electrons. The minimum absolute atomic E-state index is 0.325. The number of anilines is 2. The average Bonchev–Trinajstić information content (AvgIpc) is 3.23. The summed E-state index contributed by atoms with van der Waals surface area (Å²) >= 11 is 0. The number of nitrogens with one attached hydrogen (secondary N) is 2. The van der Waals surface area contributed by atoms with Gasteiger partial charge in [-0.1, -0.05) is 43.3 Å². The Balaban J connectivity index is 1.71. The monoisotopic (exact) mass is 324 g/mol. The minimum atomic E-state index is -0.627. The molecular weight excluding hydrogens is 304 g/mol. The SMILES string of the molecule is CCC1(C)N(C(=O)Nc2ccccc2)N1C(=O)Nc1ccccc1. The van der Waals surface area contributed by atoms with E-state index in [4.69, 9.17) is 0 Å². The standard InChI is InChI=1S/C18H20N4O2/c1-3-18(2)21(16(23)19-14-10-6-4-7-11-14)22(18)17(24)20-15-12-8-5-9-13-15/h4-13H,3H2,1-2H3,(H,19,23)(H,20,24). The first-order valence-corrected chi connectivity index (χ1v) is 7.88. The van der Waals surface area contributed by atoms with Crippen molar-refractivity contribution in [2.45, 2.75) is 25.9 Å². The zero-order valence-corrected chi connectivity index (χ0v) is 13.7. The van der Waals surface area contributed by atoms with Crippen LogP contribution in [0.25, 0.3) is 0 Å². The fourth-order valence-corrected chi connectivity index (χ4v) is 2.64. The van der Waals surface area contributed by atoms with Crippen LogP contribution in [0.1, 0.15) is 20.3 Å². The van der Waals surface area contributed by atoms with Crippen molar-refractivity contribution in [2.75, 3.05) is 10.6 Å². The predicted octanol–water partition coefficient (Wildman–Crippen LogP) is 4.11. The third kappa shape index (κ3) is 2.90. The van der Waals surface area contributed by atoms with E-state index in [9.17, 15) is 9.59 Å². The first kappa shape index (κ1) is 15.9. The summed E-state index contributed by atoms with van der Waals surface area (Å²) in [4.78, 5) is 25.0. The lowest BCUT2D eigenvalue weighted by molar-refractivity contribution is 0.210. The van der Waals surface area contributed by atoms with Crippen molar-refractivity contribution in [1.82, 2.24) is 10.0 Å². The van der Waals surface area contributed by atoms with Gasteiger partial charge in [0.15, 0.2) is 5.66 Å².